The summed E-state index contributed by atoms with van der Waals surface area (Å²) in [5.41, 5.74) is 2.02. The van der Waals surface area contributed by atoms with E-state index < -0.39 is 0 Å². The van der Waals surface area contributed by atoms with E-state index in [-0.39, 0.29) is 6.29 Å². The molecule has 1 atom stereocenters. The number of hydrogen-bond acceptors (Lipinski definition) is 4. The van der Waals surface area contributed by atoms with E-state index in [9.17, 15) is 0 Å². The Morgan fingerprint density at radius 1 is 1.08 bits per heavy atom. The summed E-state index contributed by atoms with van der Waals surface area (Å²) in [6.45, 7) is 1.79. The van der Waals surface area contributed by atoms with Crippen molar-refractivity contribution >= 4 is 0 Å². The van der Waals surface area contributed by atoms with Gasteiger partial charge in [-0.2, -0.15) is 5.10 Å². The lowest BCUT2D eigenvalue weighted by Gasteiger charge is -2.21. The van der Waals surface area contributed by atoms with Gasteiger partial charge in [0.05, 0.1) is 19.4 Å². The van der Waals surface area contributed by atoms with Crippen LogP contribution < -0.4 is 9.47 Å². The fourth-order valence-corrected chi connectivity index (χ4v) is 3.96. The van der Waals surface area contributed by atoms with Gasteiger partial charge in [-0.1, -0.05) is 19.3 Å². The minimum atomic E-state index is -0.178. The number of aromatic nitrogens is 2. The van der Waals surface area contributed by atoms with Crippen LogP contribution >= 0.6 is 0 Å². The van der Waals surface area contributed by atoms with Crippen molar-refractivity contribution in [3.8, 4) is 22.8 Å². The number of ether oxygens (including phenoxy) is 3. The van der Waals surface area contributed by atoms with Crippen LogP contribution in [0.25, 0.3) is 11.3 Å². The molecule has 1 aromatic heterocycles. The van der Waals surface area contributed by atoms with Gasteiger partial charge < -0.3 is 14.2 Å². The van der Waals surface area contributed by atoms with E-state index in [1.807, 2.05) is 18.2 Å². The van der Waals surface area contributed by atoms with Crippen LogP contribution in [0.1, 0.15) is 44.9 Å². The van der Waals surface area contributed by atoms with E-state index in [1.165, 1.54) is 32.1 Å². The van der Waals surface area contributed by atoms with E-state index >= 15 is 0 Å². The zero-order chi connectivity index (χ0) is 17.8. The van der Waals surface area contributed by atoms with E-state index in [0.29, 0.717) is 0 Å². The van der Waals surface area contributed by atoms with Crippen molar-refractivity contribution in [2.24, 2.45) is 5.92 Å². The first-order valence-electron chi connectivity index (χ1n) is 9.82. The molecule has 2 fully saturated rings. The van der Waals surface area contributed by atoms with Crippen molar-refractivity contribution in [3.63, 3.8) is 0 Å². The van der Waals surface area contributed by atoms with Gasteiger partial charge in [-0.15, -0.1) is 0 Å². The molecule has 26 heavy (non-hydrogen) atoms. The van der Waals surface area contributed by atoms with Gasteiger partial charge in [-0.25, -0.2) is 0 Å². The summed E-state index contributed by atoms with van der Waals surface area (Å²) in [7, 11) is 1.66. The molecule has 1 saturated carbocycles. The summed E-state index contributed by atoms with van der Waals surface area (Å²) in [5.74, 6) is 2.22. The second kappa shape index (κ2) is 8.12. The molecule has 0 amide bonds. The lowest BCUT2D eigenvalue weighted by atomic mass is 9.89. The molecule has 2 aliphatic rings. The van der Waals surface area contributed by atoms with Crippen molar-refractivity contribution in [2.45, 2.75) is 57.8 Å². The van der Waals surface area contributed by atoms with E-state index in [4.69, 9.17) is 19.3 Å². The Hall–Kier alpha value is -2.01. The van der Waals surface area contributed by atoms with Gasteiger partial charge >= 0.3 is 0 Å². The average molecular weight is 356 g/mol. The fraction of sp³-hybridized carbons (Fsp3) is 0.571. The lowest BCUT2D eigenvalue weighted by molar-refractivity contribution is -0.0402. The number of rotatable bonds is 6. The molecule has 140 valence electrons. The second-order valence-corrected chi connectivity index (χ2v) is 7.35. The Labute approximate surface area is 155 Å². The van der Waals surface area contributed by atoms with Crippen LogP contribution in [-0.4, -0.2) is 29.8 Å². The lowest BCUT2D eigenvalue weighted by Crippen LogP contribution is -2.14. The molecule has 5 heteroatoms. The van der Waals surface area contributed by atoms with Gasteiger partial charge in [0.2, 0.25) is 0 Å². The average Bonchev–Trinajstić information content (AvgIpc) is 3.35. The summed E-state index contributed by atoms with van der Waals surface area (Å²) in [5, 5.41) is 4.79. The largest absolute Gasteiger partial charge is 0.493 e. The van der Waals surface area contributed by atoms with Crippen LogP contribution in [-0.2, 0) is 11.3 Å². The van der Waals surface area contributed by atoms with Gasteiger partial charge in [0.1, 0.15) is 0 Å². The third-order valence-electron chi connectivity index (χ3n) is 5.42. The van der Waals surface area contributed by atoms with E-state index in [2.05, 4.69) is 16.9 Å². The zero-order valence-electron chi connectivity index (χ0n) is 15.5. The summed E-state index contributed by atoms with van der Waals surface area (Å²) >= 11 is 0. The first kappa shape index (κ1) is 17.4. The Bertz CT molecular complexity index is 716. The molecule has 1 aliphatic heterocycles. The standard InChI is InChI=1S/C21H28N2O3/c1-24-19-10-9-17(14-20(19)26-21-8-5-13-25-21)18-11-12-23(22-18)15-16-6-3-2-4-7-16/h9-12,14,16,21H,2-8,13,15H2,1H3. The van der Waals surface area contributed by atoms with Crippen LogP contribution in [0.2, 0.25) is 0 Å². The highest BCUT2D eigenvalue weighted by molar-refractivity contribution is 5.63. The first-order chi connectivity index (χ1) is 12.8. The van der Waals surface area contributed by atoms with Crippen molar-refractivity contribution in [2.75, 3.05) is 13.7 Å². The van der Waals surface area contributed by atoms with Crippen LogP contribution in [0.4, 0.5) is 0 Å². The molecule has 5 nitrogen and oxygen atoms in total. The van der Waals surface area contributed by atoms with Gasteiger partial charge in [-0.3, -0.25) is 4.68 Å². The Morgan fingerprint density at radius 2 is 1.96 bits per heavy atom. The molecule has 1 aliphatic carbocycles. The highest BCUT2D eigenvalue weighted by Crippen LogP contribution is 2.34. The molecule has 4 rings (SSSR count). The number of methoxy groups -OCH3 is 1. The summed E-state index contributed by atoms with van der Waals surface area (Å²) in [6, 6.07) is 8.07. The molecular formula is C21H28N2O3. The predicted octanol–water partition coefficient (Wildman–Crippen LogP) is 4.65. The molecule has 2 aromatic rings. The zero-order valence-corrected chi connectivity index (χ0v) is 15.5. The van der Waals surface area contributed by atoms with Crippen molar-refractivity contribution in [3.05, 3.63) is 30.5 Å². The molecule has 0 radical (unpaired) electrons. The normalized spacial score (nSPS) is 21.0. The second-order valence-electron chi connectivity index (χ2n) is 7.35. The maximum Gasteiger partial charge on any atom is 0.200 e. The van der Waals surface area contributed by atoms with Crippen molar-refractivity contribution < 1.29 is 14.2 Å². The minimum Gasteiger partial charge on any atom is -0.493 e. The highest BCUT2D eigenvalue weighted by Gasteiger charge is 2.20. The minimum absolute atomic E-state index is 0.178. The number of benzene rings is 1. The quantitative estimate of drug-likeness (QED) is 0.755. The van der Waals surface area contributed by atoms with Gasteiger partial charge in [0.25, 0.3) is 0 Å². The van der Waals surface area contributed by atoms with Gasteiger partial charge in [0, 0.05) is 24.7 Å². The number of hydrogen-bond donors (Lipinski definition) is 0. The fourth-order valence-electron chi connectivity index (χ4n) is 3.96. The maximum absolute atomic E-state index is 6.01. The molecule has 2 heterocycles. The van der Waals surface area contributed by atoms with Crippen molar-refractivity contribution in [1.82, 2.24) is 9.78 Å². The molecule has 1 unspecified atom stereocenters. The molecule has 0 N–H and O–H groups in total. The SMILES string of the molecule is COc1ccc(-c2ccn(CC3CCCCC3)n2)cc1OC1CCCO1. The molecule has 1 saturated heterocycles. The highest BCUT2D eigenvalue weighted by atomic mass is 16.7. The van der Waals surface area contributed by atoms with Gasteiger partial charge in [0.15, 0.2) is 17.8 Å². The van der Waals surface area contributed by atoms with Crippen LogP contribution in [0, 0.1) is 5.92 Å². The Morgan fingerprint density at radius 3 is 2.73 bits per heavy atom. The van der Waals surface area contributed by atoms with E-state index in [1.54, 1.807) is 7.11 Å². The molecular weight excluding hydrogens is 328 g/mol. The smallest absolute Gasteiger partial charge is 0.200 e. The summed E-state index contributed by atoms with van der Waals surface area (Å²) in [6.07, 6.45) is 10.6. The van der Waals surface area contributed by atoms with E-state index in [0.717, 1.165) is 54.7 Å². The summed E-state index contributed by atoms with van der Waals surface area (Å²) in [4.78, 5) is 0. The van der Waals surface area contributed by atoms with Crippen molar-refractivity contribution in [1.29, 1.82) is 0 Å². The van der Waals surface area contributed by atoms with Crippen LogP contribution in [0.15, 0.2) is 30.5 Å². The van der Waals surface area contributed by atoms with Crippen LogP contribution in [0.5, 0.6) is 11.5 Å². The Kier molecular flexibility index (Phi) is 5.44. The third-order valence-corrected chi connectivity index (χ3v) is 5.42. The Balaban J connectivity index is 1.49. The third kappa shape index (κ3) is 4.04. The monoisotopic (exact) mass is 356 g/mol. The molecule has 0 spiro atoms. The topological polar surface area (TPSA) is 45.5 Å². The first-order valence-corrected chi connectivity index (χ1v) is 9.82. The van der Waals surface area contributed by atoms with Crippen LogP contribution in [0.3, 0.4) is 0 Å². The van der Waals surface area contributed by atoms with Gasteiger partial charge in [-0.05, 0) is 49.4 Å². The maximum atomic E-state index is 6.01. The summed E-state index contributed by atoms with van der Waals surface area (Å²) < 4.78 is 19.1. The predicted molar refractivity (Wildman–Crippen MR) is 100 cm³/mol. The molecule has 0 bridgehead atoms. The molecule has 1 aromatic carbocycles. The number of nitrogens with zero attached hydrogens (tertiary/aromatic N) is 2.